The lowest BCUT2D eigenvalue weighted by atomic mass is 9.96. The molecule has 0 aliphatic heterocycles. The quantitative estimate of drug-likeness (QED) is 0.282. The summed E-state index contributed by atoms with van der Waals surface area (Å²) < 4.78 is 0. The van der Waals surface area contributed by atoms with Crippen LogP contribution in [0.2, 0.25) is 0 Å². The molecule has 0 aliphatic rings. The van der Waals surface area contributed by atoms with Crippen molar-refractivity contribution in [3.8, 4) is 0 Å². The zero-order chi connectivity index (χ0) is 21.7. The van der Waals surface area contributed by atoms with E-state index in [-0.39, 0.29) is 42.2 Å². The van der Waals surface area contributed by atoms with Crippen LogP contribution in [0.25, 0.3) is 0 Å². The predicted octanol–water partition coefficient (Wildman–Crippen LogP) is 1.12. The monoisotopic (exact) mass is 397 g/mol. The van der Waals surface area contributed by atoms with Gasteiger partial charge in [0.25, 0.3) is 0 Å². The Morgan fingerprint density at radius 1 is 0.964 bits per heavy atom. The highest BCUT2D eigenvalue weighted by atomic mass is 16.2. The first-order valence-corrected chi connectivity index (χ1v) is 9.96. The summed E-state index contributed by atoms with van der Waals surface area (Å²) in [5, 5.41) is 7.96. The zero-order valence-corrected chi connectivity index (χ0v) is 17.7. The summed E-state index contributed by atoms with van der Waals surface area (Å²) in [7, 11) is 0. The molecule has 2 atom stereocenters. The number of nitrogens with one attached hydrogen (secondary N) is 3. The van der Waals surface area contributed by atoms with Gasteiger partial charge < -0.3 is 16.0 Å². The van der Waals surface area contributed by atoms with E-state index in [4.69, 9.17) is 0 Å². The highest BCUT2D eigenvalue weighted by Crippen LogP contribution is 2.09. The van der Waals surface area contributed by atoms with Crippen LogP contribution in [0.3, 0.4) is 0 Å². The molecule has 0 heterocycles. The first-order valence-electron chi connectivity index (χ1n) is 9.96. The van der Waals surface area contributed by atoms with Crippen LogP contribution in [0.1, 0.15) is 66.7 Å². The third-order valence-corrected chi connectivity index (χ3v) is 4.42. The summed E-state index contributed by atoms with van der Waals surface area (Å²) in [5.74, 6) is -1.33. The van der Waals surface area contributed by atoms with Gasteiger partial charge in [-0.25, -0.2) is 0 Å². The van der Waals surface area contributed by atoms with Gasteiger partial charge in [0, 0.05) is 31.7 Å². The minimum Gasteiger partial charge on any atom is -0.359 e. The van der Waals surface area contributed by atoms with Crippen molar-refractivity contribution >= 4 is 29.8 Å². The fraction of sp³-hybridized carbons (Fsp3) is 0.750. The smallest absolute Gasteiger partial charge is 0.243 e. The predicted molar refractivity (Wildman–Crippen MR) is 106 cm³/mol. The van der Waals surface area contributed by atoms with Gasteiger partial charge in [-0.05, 0) is 18.8 Å². The Morgan fingerprint density at radius 2 is 1.61 bits per heavy atom. The zero-order valence-electron chi connectivity index (χ0n) is 17.7. The Balaban J connectivity index is 4.97. The topological polar surface area (TPSA) is 121 Å². The molecule has 0 aromatic carbocycles. The number of ketones is 2. The average Bonchev–Trinajstić information content (AvgIpc) is 2.65. The largest absolute Gasteiger partial charge is 0.359 e. The van der Waals surface area contributed by atoms with Crippen LogP contribution in [0.15, 0.2) is 0 Å². The summed E-state index contributed by atoms with van der Waals surface area (Å²) in [6.45, 7) is 9.28. The SMILES string of the molecule is CCC(=O)CCC(=O)NC(C(=O)N[C@@H](CCCNC=O)C(=O)C(C)C)C(C)C. The summed E-state index contributed by atoms with van der Waals surface area (Å²) in [4.78, 5) is 59.0. The molecule has 0 rings (SSSR count). The van der Waals surface area contributed by atoms with Gasteiger partial charge in [0.05, 0.1) is 6.04 Å². The lowest BCUT2D eigenvalue weighted by molar-refractivity contribution is -0.133. The lowest BCUT2D eigenvalue weighted by Crippen LogP contribution is -2.54. The normalized spacial score (nSPS) is 13.0. The van der Waals surface area contributed by atoms with Crippen molar-refractivity contribution in [3.63, 3.8) is 0 Å². The Labute approximate surface area is 167 Å². The highest BCUT2D eigenvalue weighted by molar-refractivity contribution is 5.94. The molecule has 0 saturated carbocycles. The molecule has 0 saturated heterocycles. The Hall–Kier alpha value is -2.25. The van der Waals surface area contributed by atoms with Gasteiger partial charge in [-0.3, -0.25) is 24.0 Å². The van der Waals surface area contributed by atoms with Crippen molar-refractivity contribution in [2.24, 2.45) is 11.8 Å². The van der Waals surface area contributed by atoms with Gasteiger partial charge in [0.1, 0.15) is 11.8 Å². The van der Waals surface area contributed by atoms with Crippen LogP contribution in [-0.2, 0) is 24.0 Å². The van der Waals surface area contributed by atoms with Crippen LogP contribution in [-0.4, -0.2) is 48.4 Å². The summed E-state index contributed by atoms with van der Waals surface area (Å²) in [5.41, 5.74) is 0. The van der Waals surface area contributed by atoms with Gasteiger partial charge in [-0.15, -0.1) is 0 Å². The standard InChI is InChI=1S/C20H35N3O5/c1-6-15(25)9-10-17(26)23-18(13(2)3)20(28)22-16(19(27)14(4)5)8-7-11-21-12-24/h12-14,16,18H,6-11H2,1-5H3,(H,21,24)(H,22,28)(H,23,26)/t16-,18?/m0/s1. The van der Waals surface area contributed by atoms with Crippen LogP contribution >= 0.6 is 0 Å². The minimum absolute atomic E-state index is 0.00720. The molecule has 3 N–H and O–H groups in total. The van der Waals surface area contributed by atoms with Gasteiger partial charge in [-0.2, -0.15) is 0 Å². The minimum atomic E-state index is -0.792. The molecule has 3 amide bonds. The fourth-order valence-corrected chi connectivity index (χ4v) is 2.63. The van der Waals surface area contributed by atoms with E-state index in [9.17, 15) is 24.0 Å². The third-order valence-electron chi connectivity index (χ3n) is 4.42. The van der Waals surface area contributed by atoms with Crippen molar-refractivity contribution < 1.29 is 24.0 Å². The molecular formula is C20H35N3O5. The highest BCUT2D eigenvalue weighted by Gasteiger charge is 2.29. The molecule has 0 aromatic rings. The molecule has 8 nitrogen and oxygen atoms in total. The number of carbonyl (C=O) groups excluding carboxylic acids is 5. The van der Waals surface area contributed by atoms with E-state index in [1.165, 1.54) is 0 Å². The lowest BCUT2D eigenvalue weighted by Gasteiger charge is -2.26. The van der Waals surface area contributed by atoms with Crippen LogP contribution < -0.4 is 16.0 Å². The van der Waals surface area contributed by atoms with Gasteiger partial charge in [-0.1, -0.05) is 34.6 Å². The first-order chi connectivity index (χ1) is 13.1. The van der Waals surface area contributed by atoms with E-state index >= 15 is 0 Å². The van der Waals surface area contributed by atoms with Crippen molar-refractivity contribution in [3.05, 3.63) is 0 Å². The maximum absolute atomic E-state index is 12.7. The van der Waals surface area contributed by atoms with Crippen molar-refractivity contribution in [1.82, 2.24) is 16.0 Å². The second-order valence-corrected chi connectivity index (χ2v) is 7.51. The molecule has 0 fully saturated rings. The van der Waals surface area contributed by atoms with E-state index in [2.05, 4.69) is 16.0 Å². The van der Waals surface area contributed by atoms with E-state index in [1.807, 2.05) is 0 Å². The second kappa shape index (κ2) is 13.8. The molecule has 0 aromatic heterocycles. The molecule has 8 heteroatoms. The molecular weight excluding hydrogens is 362 g/mol. The van der Waals surface area contributed by atoms with Crippen molar-refractivity contribution in [2.45, 2.75) is 78.8 Å². The summed E-state index contributed by atoms with van der Waals surface area (Å²) in [6.07, 6.45) is 2.08. The third kappa shape index (κ3) is 10.2. The number of amides is 3. The first kappa shape index (κ1) is 25.8. The van der Waals surface area contributed by atoms with Crippen molar-refractivity contribution in [1.29, 1.82) is 0 Å². The number of Topliss-reactive ketones (excluding diaryl/α,β-unsaturated/α-hetero) is 2. The van der Waals surface area contributed by atoms with Gasteiger partial charge in [0.2, 0.25) is 18.2 Å². The number of hydrogen-bond acceptors (Lipinski definition) is 5. The maximum Gasteiger partial charge on any atom is 0.243 e. The number of hydrogen-bond donors (Lipinski definition) is 3. The molecule has 28 heavy (non-hydrogen) atoms. The number of rotatable bonds is 15. The van der Waals surface area contributed by atoms with Crippen molar-refractivity contribution in [2.75, 3.05) is 6.54 Å². The Morgan fingerprint density at radius 3 is 2.11 bits per heavy atom. The molecule has 1 unspecified atom stereocenters. The van der Waals surface area contributed by atoms with E-state index < -0.39 is 18.0 Å². The van der Waals surface area contributed by atoms with Crippen LogP contribution in [0, 0.1) is 11.8 Å². The second-order valence-electron chi connectivity index (χ2n) is 7.51. The molecule has 0 bridgehead atoms. The summed E-state index contributed by atoms with van der Waals surface area (Å²) in [6, 6.07) is -1.47. The molecule has 0 radical (unpaired) electrons. The summed E-state index contributed by atoms with van der Waals surface area (Å²) >= 11 is 0. The fourth-order valence-electron chi connectivity index (χ4n) is 2.63. The maximum atomic E-state index is 12.7. The molecule has 160 valence electrons. The number of carbonyl (C=O) groups is 5. The Kier molecular flexibility index (Phi) is 12.7. The van der Waals surface area contributed by atoms with E-state index in [1.54, 1.807) is 34.6 Å². The van der Waals surface area contributed by atoms with Crippen LogP contribution in [0.4, 0.5) is 0 Å². The van der Waals surface area contributed by atoms with Gasteiger partial charge in [0.15, 0.2) is 5.78 Å². The van der Waals surface area contributed by atoms with E-state index in [0.717, 1.165) is 0 Å². The average molecular weight is 398 g/mol. The molecule has 0 spiro atoms. The molecule has 0 aliphatic carbocycles. The van der Waals surface area contributed by atoms with Gasteiger partial charge >= 0.3 is 0 Å². The Bertz CT molecular complexity index is 546. The van der Waals surface area contributed by atoms with Crippen LogP contribution in [0.5, 0.6) is 0 Å². The van der Waals surface area contributed by atoms with E-state index in [0.29, 0.717) is 32.2 Å².